The molecule has 27 heavy (non-hydrogen) atoms. The van der Waals surface area contributed by atoms with Crippen molar-refractivity contribution in [2.45, 2.75) is 58.5 Å². The molecule has 0 radical (unpaired) electrons. The van der Waals surface area contributed by atoms with E-state index in [4.69, 9.17) is 4.99 Å². The van der Waals surface area contributed by atoms with Crippen LogP contribution in [0.25, 0.3) is 0 Å². The second-order valence-corrected chi connectivity index (χ2v) is 8.86. The standard InChI is InChI=1S/C19H37N7S/c1-16-23-24-17(25(16)4)14-21-18(20-10-9-13-27-5)22-15-19(2,3)26-11-7-6-8-12-26/h6-15H2,1-5H3,(H2,20,21,22). The Bertz CT molecular complexity index is 591. The summed E-state index contributed by atoms with van der Waals surface area (Å²) in [4.78, 5) is 7.36. The first kappa shape index (κ1) is 22.0. The number of nitrogens with one attached hydrogen (secondary N) is 2. The van der Waals surface area contributed by atoms with Crippen LogP contribution in [0.1, 0.15) is 51.2 Å². The van der Waals surface area contributed by atoms with Crippen LogP contribution in [0.2, 0.25) is 0 Å². The van der Waals surface area contributed by atoms with Gasteiger partial charge in [0.1, 0.15) is 12.4 Å². The third-order valence-corrected chi connectivity index (χ3v) is 5.98. The molecule has 0 saturated carbocycles. The minimum Gasteiger partial charge on any atom is -0.356 e. The minimum atomic E-state index is 0.115. The normalized spacial score (nSPS) is 16.6. The molecule has 0 aliphatic carbocycles. The number of hydrogen-bond donors (Lipinski definition) is 2. The van der Waals surface area contributed by atoms with Crippen LogP contribution >= 0.6 is 11.8 Å². The molecule has 1 fully saturated rings. The zero-order valence-electron chi connectivity index (χ0n) is 17.7. The lowest BCUT2D eigenvalue weighted by Gasteiger charge is -2.41. The Balaban J connectivity index is 1.95. The fraction of sp³-hybridized carbons (Fsp3) is 0.842. The van der Waals surface area contributed by atoms with E-state index in [0.717, 1.165) is 42.9 Å². The van der Waals surface area contributed by atoms with Gasteiger partial charge < -0.3 is 15.2 Å². The number of aliphatic imine (C=N–C) groups is 1. The van der Waals surface area contributed by atoms with E-state index in [1.54, 1.807) is 0 Å². The molecule has 0 spiro atoms. The first-order chi connectivity index (χ1) is 12.9. The Hall–Kier alpha value is -1.28. The minimum absolute atomic E-state index is 0.115. The summed E-state index contributed by atoms with van der Waals surface area (Å²) in [6, 6.07) is 0. The van der Waals surface area contributed by atoms with Crippen molar-refractivity contribution in [2.75, 3.05) is 38.2 Å². The number of aryl methyl sites for hydroxylation is 1. The summed E-state index contributed by atoms with van der Waals surface area (Å²) in [6.45, 7) is 11.3. The molecular weight excluding hydrogens is 358 g/mol. The van der Waals surface area contributed by atoms with Crippen LogP contribution in [0.15, 0.2) is 4.99 Å². The van der Waals surface area contributed by atoms with E-state index in [0.29, 0.717) is 6.54 Å². The Labute approximate surface area is 168 Å². The van der Waals surface area contributed by atoms with Gasteiger partial charge >= 0.3 is 0 Å². The van der Waals surface area contributed by atoms with Crippen LogP contribution in [-0.2, 0) is 13.6 Å². The summed E-state index contributed by atoms with van der Waals surface area (Å²) in [6.07, 6.45) is 7.25. The molecule has 1 aromatic rings. The molecule has 0 amide bonds. The van der Waals surface area contributed by atoms with E-state index < -0.39 is 0 Å². The Kier molecular flexibility index (Phi) is 8.89. The molecule has 0 bridgehead atoms. The average molecular weight is 396 g/mol. The molecule has 2 rings (SSSR count). The molecule has 1 saturated heterocycles. The van der Waals surface area contributed by atoms with Crippen LogP contribution in [0, 0.1) is 6.92 Å². The molecule has 1 aromatic heterocycles. The molecule has 2 heterocycles. The highest BCUT2D eigenvalue weighted by atomic mass is 32.2. The molecule has 154 valence electrons. The Morgan fingerprint density at radius 3 is 2.56 bits per heavy atom. The van der Waals surface area contributed by atoms with Gasteiger partial charge in [0.25, 0.3) is 0 Å². The van der Waals surface area contributed by atoms with Crippen LogP contribution in [0.4, 0.5) is 0 Å². The largest absolute Gasteiger partial charge is 0.356 e. The van der Waals surface area contributed by atoms with Gasteiger partial charge in [-0.25, -0.2) is 4.99 Å². The third-order valence-electron chi connectivity index (χ3n) is 5.28. The number of guanidine groups is 1. The summed E-state index contributed by atoms with van der Waals surface area (Å²) in [5.41, 5.74) is 0.115. The van der Waals surface area contributed by atoms with E-state index in [-0.39, 0.29) is 5.54 Å². The summed E-state index contributed by atoms with van der Waals surface area (Å²) in [5, 5.41) is 15.4. The maximum absolute atomic E-state index is 4.76. The van der Waals surface area contributed by atoms with Crippen LogP contribution in [-0.4, -0.2) is 69.4 Å². The second-order valence-electron chi connectivity index (χ2n) is 7.87. The number of rotatable bonds is 9. The van der Waals surface area contributed by atoms with Crippen LogP contribution < -0.4 is 10.6 Å². The van der Waals surface area contributed by atoms with Gasteiger partial charge in [0.2, 0.25) is 0 Å². The van der Waals surface area contributed by atoms with Gasteiger partial charge in [0.15, 0.2) is 11.8 Å². The highest BCUT2D eigenvalue weighted by Gasteiger charge is 2.27. The molecule has 1 aliphatic rings. The van der Waals surface area contributed by atoms with Crippen molar-refractivity contribution in [3.05, 3.63) is 11.6 Å². The molecule has 2 N–H and O–H groups in total. The molecule has 8 heteroatoms. The Morgan fingerprint density at radius 1 is 1.19 bits per heavy atom. The number of likely N-dealkylation sites (tertiary alicyclic amines) is 1. The summed E-state index contributed by atoms with van der Waals surface area (Å²) in [7, 11) is 1.98. The number of hydrogen-bond acceptors (Lipinski definition) is 5. The first-order valence-corrected chi connectivity index (χ1v) is 11.4. The van der Waals surface area contributed by atoms with E-state index >= 15 is 0 Å². The monoisotopic (exact) mass is 395 g/mol. The molecular formula is C19H37N7S. The molecule has 7 nitrogen and oxygen atoms in total. The Morgan fingerprint density at radius 2 is 1.93 bits per heavy atom. The van der Waals surface area contributed by atoms with Crippen molar-refractivity contribution in [1.82, 2.24) is 30.3 Å². The summed E-state index contributed by atoms with van der Waals surface area (Å²) < 4.78 is 1.99. The second kappa shape index (κ2) is 10.9. The maximum Gasteiger partial charge on any atom is 0.191 e. The zero-order chi connectivity index (χ0) is 19.7. The van der Waals surface area contributed by atoms with Gasteiger partial charge in [0.05, 0.1) is 0 Å². The van der Waals surface area contributed by atoms with Gasteiger partial charge in [-0.1, -0.05) is 6.42 Å². The van der Waals surface area contributed by atoms with Gasteiger partial charge in [-0.2, -0.15) is 11.8 Å². The summed E-state index contributed by atoms with van der Waals surface area (Å²) >= 11 is 1.88. The van der Waals surface area contributed by atoms with Crippen LogP contribution in [0.5, 0.6) is 0 Å². The van der Waals surface area contributed by atoms with E-state index in [9.17, 15) is 0 Å². The molecule has 0 unspecified atom stereocenters. The number of thioether (sulfide) groups is 1. The van der Waals surface area contributed by atoms with Gasteiger partial charge in [-0.05, 0) is 65.1 Å². The number of aromatic nitrogens is 3. The zero-order valence-corrected chi connectivity index (χ0v) is 18.5. The van der Waals surface area contributed by atoms with Crippen molar-refractivity contribution in [1.29, 1.82) is 0 Å². The quantitative estimate of drug-likeness (QED) is 0.379. The fourth-order valence-electron chi connectivity index (χ4n) is 3.25. The average Bonchev–Trinajstić information content (AvgIpc) is 2.99. The lowest BCUT2D eigenvalue weighted by Crippen LogP contribution is -2.55. The van der Waals surface area contributed by atoms with E-state index in [1.165, 1.54) is 32.4 Å². The molecule has 1 aliphatic heterocycles. The maximum atomic E-state index is 4.76. The smallest absolute Gasteiger partial charge is 0.191 e. The van der Waals surface area contributed by atoms with Crippen molar-refractivity contribution in [2.24, 2.45) is 12.0 Å². The SMILES string of the molecule is CSCCCNC(=NCc1nnc(C)n1C)NCC(C)(C)N1CCCCC1. The van der Waals surface area contributed by atoms with Crippen LogP contribution in [0.3, 0.4) is 0 Å². The topological polar surface area (TPSA) is 70.4 Å². The summed E-state index contributed by atoms with van der Waals surface area (Å²) in [5.74, 6) is 3.81. The van der Waals surface area contributed by atoms with E-state index in [1.807, 2.05) is 30.3 Å². The third kappa shape index (κ3) is 6.99. The lowest BCUT2D eigenvalue weighted by molar-refractivity contribution is 0.0982. The molecule has 0 atom stereocenters. The first-order valence-electron chi connectivity index (χ1n) is 10.0. The number of nitrogens with zero attached hydrogens (tertiary/aromatic N) is 5. The van der Waals surface area contributed by atoms with Crippen molar-refractivity contribution >= 4 is 17.7 Å². The fourth-order valence-corrected chi connectivity index (χ4v) is 3.68. The highest BCUT2D eigenvalue weighted by Crippen LogP contribution is 2.19. The number of piperidine rings is 1. The van der Waals surface area contributed by atoms with Crippen molar-refractivity contribution < 1.29 is 0 Å². The van der Waals surface area contributed by atoms with Gasteiger partial charge in [-0.3, -0.25) is 4.90 Å². The molecule has 0 aromatic carbocycles. The predicted molar refractivity (Wildman–Crippen MR) is 115 cm³/mol. The lowest BCUT2D eigenvalue weighted by atomic mass is 9.98. The predicted octanol–water partition coefficient (Wildman–Crippen LogP) is 2.18. The van der Waals surface area contributed by atoms with E-state index in [2.05, 4.69) is 45.8 Å². The van der Waals surface area contributed by atoms with Gasteiger partial charge in [-0.15, -0.1) is 10.2 Å². The van der Waals surface area contributed by atoms with Crippen molar-refractivity contribution in [3.8, 4) is 0 Å². The highest BCUT2D eigenvalue weighted by molar-refractivity contribution is 7.98. The van der Waals surface area contributed by atoms with Gasteiger partial charge in [0, 0.05) is 25.7 Å². The van der Waals surface area contributed by atoms with Crippen molar-refractivity contribution in [3.63, 3.8) is 0 Å².